The fourth-order valence-electron chi connectivity index (χ4n) is 1.03. The van der Waals surface area contributed by atoms with Crippen molar-refractivity contribution in [1.82, 2.24) is 0 Å². The van der Waals surface area contributed by atoms with Crippen LogP contribution >= 0.6 is 0 Å². The Morgan fingerprint density at radius 2 is 1.52 bits per heavy atom. The Morgan fingerprint density at radius 3 is 1.81 bits per heavy atom. The van der Waals surface area contributed by atoms with Gasteiger partial charge in [-0.1, -0.05) is 6.58 Å². The van der Waals surface area contributed by atoms with Crippen molar-refractivity contribution in [3.05, 3.63) is 12.2 Å². The molecule has 0 bridgehead atoms. The number of hydrogen-bond acceptors (Lipinski definition) is 4. The molecule has 2 unspecified atom stereocenters. The minimum absolute atomic E-state index is 0.0939. The molecule has 2 atom stereocenters. The van der Waals surface area contributed by atoms with Crippen molar-refractivity contribution in [2.45, 2.75) is 51.5 Å². The van der Waals surface area contributed by atoms with Crippen LogP contribution in [-0.2, 0) is 19.1 Å². The van der Waals surface area contributed by atoms with Crippen molar-refractivity contribution < 1.29 is 41.0 Å². The number of carbonyl (C=O) groups is 2. The van der Waals surface area contributed by atoms with E-state index < -0.39 is 35.7 Å². The van der Waals surface area contributed by atoms with E-state index in [0.29, 0.717) is 6.92 Å². The summed E-state index contributed by atoms with van der Waals surface area (Å²) in [7, 11) is 0. The summed E-state index contributed by atoms with van der Waals surface area (Å²) in [5.41, 5.74) is -3.62. The molecule has 21 heavy (non-hydrogen) atoms. The molecule has 0 aliphatic rings. The minimum atomic E-state index is -5.23. The van der Waals surface area contributed by atoms with Crippen LogP contribution in [0.15, 0.2) is 12.2 Å². The molecule has 0 aliphatic heterocycles. The van der Waals surface area contributed by atoms with Crippen molar-refractivity contribution in [2.75, 3.05) is 0 Å². The predicted octanol–water partition coefficient (Wildman–Crippen LogP) is 3.01. The Balaban J connectivity index is 5.42. The van der Waals surface area contributed by atoms with E-state index in [4.69, 9.17) is 0 Å². The standard InChI is InChI=1S/C12H15F5O4/c1-6(2)8(18)20-7(3)10(4,12(15,16)17)21-9(19)11(5,13)14/h7H,1H2,2-5H3. The van der Waals surface area contributed by atoms with Gasteiger partial charge in [0.15, 0.2) is 0 Å². The SMILES string of the molecule is C=C(C)C(=O)OC(C)C(C)(OC(=O)C(C)(F)F)C(F)(F)F. The van der Waals surface area contributed by atoms with Crippen LogP contribution in [-0.4, -0.2) is 35.7 Å². The van der Waals surface area contributed by atoms with Crippen LogP contribution in [0.3, 0.4) is 0 Å². The lowest BCUT2D eigenvalue weighted by Gasteiger charge is -2.36. The second-order valence-corrected chi connectivity index (χ2v) is 4.71. The number of alkyl halides is 5. The van der Waals surface area contributed by atoms with E-state index in [1.54, 1.807) is 0 Å². The number of halogens is 5. The van der Waals surface area contributed by atoms with Gasteiger partial charge in [0.05, 0.1) is 0 Å². The fraction of sp³-hybridized carbons (Fsp3) is 0.667. The Kier molecular flexibility index (Phi) is 5.51. The first kappa shape index (κ1) is 19.3. The summed E-state index contributed by atoms with van der Waals surface area (Å²) in [5.74, 6) is -7.66. The van der Waals surface area contributed by atoms with Gasteiger partial charge in [-0.2, -0.15) is 22.0 Å². The summed E-state index contributed by atoms with van der Waals surface area (Å²) in [6.45, 7) is 5.56. The van der Waals surface area contributed by atoms with Gasteiger partial charge in [0.2, 0.25) is 5.60 Å². The van der Waals surface area contributed by atoms with Crippen molar-refractivity contribution in [1.29, 1.82) is 0 Å². The largest absolute Gasteiger partial charge is 0.455 e. The van der Waals surface area contributed by atoms with Crippen LogP contribution in [0.5, 0.6) is 0 Å². The number of rotatable bonds is 5. The third kappa shape index (κ3) is 4.68. The first-order chi connectivity index (χ1) is 9.13. The number of hydrogen-bond donors (Lipinski definition) is 0. The monoisotopic (exact) mass is 318 g/mol. The normalized spacial score (nSPS) is 16.6. The van der Waals surface area contributed by atoms with E-state index in [1.165, 1.54) is 6.92 Å². The van der Waals surface area contributed by atoms with Gasteiger partial charge in [0.25, 0.3) is 0 Å². The molecule has 0 heterocycles. The molecule has 4 nitrogen and oxygen atoms in total. The minimum Gasteiger partial charge on any atom is -0.455 e. The molecule has 122 valence electrons. The third-order valence-corrected chi connectivity index (χ3v) is 2.63. The molecule has 0 aromatic carbocycles. The zero-order valence-electron chi connectivity index (χ0n) is 11.8. The molecule has 0 radical (unpaired) electrons. The lowest BCUT2D eigenvalue weighted by molar-refractivity contribution is -0.295. The molecule has 0 rings (SSSR count). The predicted molar refractivity (Wildman–Crippen MR) is 61.5 cm³/mol. The summed E-state index contributed by atoms with van der Waals surface area (Å²) >= 11 is 0. The Labute approximate surface area is 117 Å². The van der Waals surface area contributed by atoms with E-state index >= 15 is 0 Å². The third-order valence-electron chi connectivity index (χ3n) is 2.63. The van der Waals surface area contributed by atoms with Gasteiger partial charge in [-0.15, -0.1) is 0 Å². The highest BCUT2D eigenvalue weighted by Crippen LogP contribution is 2.39. The van der Waals surface area contributed by atoms with E-state index in [0.717, 1.165) is 6.92 Å². The van der Waals surface area contributed by atoms with Gasteiger partial charge in [-0.25, -0.2) is 9.59 Å². The van der Waals surface area contributed by atoms with Crippen molar-refractivity contribution >= 4 is 11.9 Å². The summed E-state index contributed by atoms with van der Waals surface area (Å²) in [6.07, 6.45) is -7.28. The molecule has 9 heteroatoms. The zero-order valence-corrected chi connectivity index (χ0v) is 11.8. The molecular formula is C12H15F5O4. The topological polar surface area (TPSA) is 52.6 Å². The summed E-state index contributed by atoms with van der Waals surface area (Å²) in [4.78, 5) is 22.3. The maximum absolute atomic E-state index is 13.0. The van der Waals surface area contributed by atoms with Crippen molar-refractivity contribution in [3.8, 4) is 0 Å². The molecular weight excluding hydrogens is 303 g/mol. The lowest BCUT2D eigenvalue weighted by atomic mass is 9.99. The molecule has 0 amide bonds. The van der Waals surface area contributed by atoms with Gasteiger partial charge < -0.3 is 9.47 Å². The van der Waals surface area contributed by atoms with Crippen molar-refractivity contribution in [3.63, 3.8) is 0 Å². The molecule has 0 saturated heterocycles. The van der Waals surface area contributed by atoms with E-state index in [1.807, 2.05) is 0 Å². The highest BCUT2D eigenvalue weighted by Gasteiger charge is 2.61. The van der Waals surface area contributed by atoms with Crippen LogP contribution in [0.4, 0.5) is 22.0 Å². The summed E-state index contributed by atoms with van der Waals surface area (Å²) < 4.78 is 72.8. The smallest absolute Gasteiger partial charge is 0.431 e. The van der Waals surface area contributed by atoms with Crippen LogP contribution < -0.4 is 0 Å². The maximum atomic E-state index is 13.0. The Hall–Kier alpha value is -1.67. The van der Waals surface area contributed by atoms with Crippen LogP contribution in [0.1, 0.15) is 27.7 Å². The average Bonchev–Trinajstić information content (AvgIpc) is 2.25. The van der Waals surface area contributed by atoms with Gasteiger partial charge in [0, 0.05) is 12.5 Å². The van der Waals surface area contributed by atoms with Crippen LogP contribution in [0.2, 0.25) is 0 Å². The Bertz CT molecular complexity index is 438. The molecule has 0 saturated carbocycles. The number of esters is 2. The van der Waals surface area contributed by atoms with E-state index in [9.17, 15) is 31.5 Å². The second-order valence-electron chi connectivity index (χ2n) is 4.71. The fourth-order valence-corrected chi connectivity index (χ4v) is 1.03. The quantitative estimate of drug-likeness (QED) is 0.444. The van der Waals surface area contributed by atoms with Crippen LogP contribution in [0, 0.1) is 0 Å². The zero-order chi connectivity index (χ0) is 17.2. The number of ether oxygens (including phenoxy) is 2. The van der Waals surface area contributed by atoms with Crippen molar-refractivity contribution in [2.24, 2.45) is 0 Å². The van der Waals surface area contributed by atoms with E-state index in [-0.39, 0.29) is 12.5 Å². The Morgan fingerprint density at radius 1 is 1.10 bits per heavy atom. The van der Waals surface area contributed by atoms with Crippen LogP contribution in [0.25, 0.3) is 0 Å². The first-order valence-electron chi connectivity index (χ1n) is 5.67. The lowest BCUT2D eigenvalue weighted by Crippen LogP contribution is -2.57. The molecule has 0 aromatic heterocycles. The van der Waals surface area contributed by atoms with Gasteiger partial charge in [-0.05, 0) is 20.8 Å². The van der Waals surface area contributed by atoms with E-state index in [2.05, 4.69) is 16.1 Å². The number of carbonyl (C=O) groups excluding carboxylic acids is 2. The van der Waals surface area contributed by atoms with Gasteiger partial charge in [0.1, 0.15) is 6.10 Å². The molecule has 0 spiro atoms. The highest BCUT2D eigenvalue weighted by atomic mass is 19.4. The highest BCUT2D eigenvalue weighted by molar-refractivity contribution is 5.87. The molecule has 0 aromatic rings. The average molecular weight is 318 g/mol. The summed E-state index contributed by atoms with van der Waals surface area (Å²) in [6, 6.07) is 0. The molecule has 0 N–H and O–H groups in total. The van der Waals surface area contributed by atoms with Gasteiger partial charge >= 0.3 is 24.0 Å². The molecule has 0 aliphatic carbocycles. The van der Waals surface area contributed by atoms with Gasteiger partial charge in [-0.3, -0.25) is 0 Å². The first-order valence-corrected chi connectivity index (χ1v) is 5.67. The maximum Gasteiger partial charge on any atom is 0.431 e. The summed E-state index contributed by atoms with van der Waals surface area (Å²) in [5, 5.41) is 0. The molecule has 0 fully saturated rings. The second kappa shape index (κ2) is 5.98.